The maximum atomic E-state index is 12.1. The summed E-state index contributed by atoms with van der Waals surface area (Å²) < 4.78 is 5.54. The monoisotopic (exact) mass is 379 g/mol. The van der Waals surface area contributed by atoms with Crippen LogP contribution in [-0.2, 0) is 14.4 Å². The Balaban J connectivity index is 1.70. The Kier molecular flexibility index (Phi) is 5.50. The molecule has 1 fully saturated rings. The van der Waals surface area contributed by atoms with Crippen LogP contribution in [-0.4, -0.2) is 30.4 Å². The summed E-state index contributed by atoms with van der Waals surface area (Å²) in [5.41, 5.74) is 1.91. The van der Waals surface area contributed by atoms with Crippen molar-refractivity contribution in [1.29, 1.82) is 0 Å². The molecule has 1 aliphatic heterocycles. The third-order valence-corrected chi connectivity index (χ3v) is 3.86. The highest BCUT2D eigenvalue weighted by atomic mass is 16.5. The van der Waals surface area contributed by atoms with E-state index in [9.17, 15) is 19.2 Å². The molecule has 0 unspecified atom stereocenters. The predicted octanol–water partition coefficient (Wildman–Crippen LogP) is 1.76. The van der Waals surface area contributed by atoms with Crippen molar-refractivity contribution >= 4 is 35.5 Å². The number of barbiturate groups is 1. The number of carbonyl (C=O) groups is 4. The zero-order valence-electron chi connectivity index (χ0n) is 14.9. The summed E-state index contributed by atoms with van der Waals surface area (Å²) in [6.45, 7) is 1.69. The lowest BCUT2D eigenvalue weighted by molar-refractivity contribution is -0.124. The van der Waals surface area contributed by atoms with E-state index in [4.69, 9.17) is 4.74 Å². The third-order valence-electron chi connectivity index (χ3n) is 3.86. The number of benzene rings is 2. The standard InChI is InChI=1S/C20H17N3O5/c1-12-6-8-14(9-7-12)21-17(24)11-28-16-5-3-2-4-13(16)10-15-18(25)22-20(27)23-19(15)26/h2-10H,11H2,1H3,(H,21,24)(H2,22,23,25,26,27). The second-order valence-corrected chi connectivity index (χ2v) is 6.04. The van der Waals surface area contributed by atoms with Crippen molar-refractivity contribution in [2.24, 2.45) is 0 Å². The number of hydrogen-bond acceptors (Lipinski definition) is 5. The van der Waals surface area contributed by atoms with Gasteiger partial charge in [-0.2, -0.15) is 0 Å². The topological polar surface area (TPSA) is 114 Å². The van der Waals surface area contributed by atoms with E-state index in [1.165, 1.54) is 6.08 Å². The first kappa shape index (κ1) is 18.8. The largest absolute Gasteiger partial charge is 0.483 e. The highest BCUT2D eigenvalue weighted by molar-refractivity contribution is 6.31. The summed E-state index contributed by atoms with van der Waals surface area (Å²) in [5, 5.41) is 6.71. The van der Waals surface area contributed by atoms with Gasteiger partial charge < -0.3 is 10.1 Å². The molecule has 0 atom stereocenters. The summed E-state index contributed by atoms with van der Waals surface area (Å²) in [7, 11) is 0. The molecule has 5 amide bonds. The van der Waals surface area contributed by atoms with Gasteiger partial charge in [-0.25, -0.2) is 4.79 Å². The summed E-state index contributed by atoms with van der Waals surface area (Å²) in [5.74, 6) is -1.65. The van der Waals surface area contributed by atoms with E-state index in [1.807, 2.05) is 29.7 Å². The van der Waals surface area contributed by atoms with Crippen LogP contribution in [0.2, 0.25) is 0 Å². The molecule has 1 aliphatic rings. The number of rotatable bonds is 5. The number of aryl methyl sites for hydroxylation is 1. The van der Waals surface area contributed by atoms with E-state index < -0.39 is 17.8 Å². The van der Waals surface area contributed by atoms with Gasteiger partial charge in [0.05, 0.1) is 0 Å². The van der Waals surface area contributed by atoms with Gasteiger partial charge in [0.15, 0.2) is 6.61 Å². The summed E-state index contributed by atoms with van der Waals surface area (Å²) in [6, 6.07) is 13.1. The number of ether oxygens (including phenoxy) is 1. The van der Waals surface area contributed by atoms with Crippen LogP contribution in [0.1, 0.15) is 11.1 Å². The molecule has 8 nitrogen and oxygen atoms in total. The van der Waals surface area contributed by atoms with Crippen molar-refractivity contribution in [2.75, 3.05) is 11.9 Å². The average molecular weight is 379 g/mol. The number of para-hydroxylation sites is 1. The summed E-state index contributed by atoms with van der Waals surface area (Å²) in [4.78, 5) is 46.9. The number of imide groups is 2. The minimum Gasteiger partial charge on any atom is -0.483 e. The van der Waals surface area contributed by atoms with Crippen molar-refractivity contribution in [1.82, 2.24) is 10.6 Å². The molecule has 1 heterocycles. The quantitative estimate of drug-likeness (QED) is 0.541. The number of hydrogen-bond donors (Lipinski definition) is 3. The van der Waals surface area contributed by atoms with E-state index >= 15 is 0 Å². The van der Waals surface area contributed by atoms with Crippen LogP contribution < -0.4 is 20.7 Å². The Bertz CT molecular complexity index is 958. The van der Waals surface area contributed by atoms with Gasteiger partial charge in [0.1, 0.15) is 11.3 Å². The van der Waals surface area contributed by atoms with Crippen LogP contribution in [0, 0.1) is 6.92 Å². The Hall–Kier alpha value is -3.94. The molecular formula is C20H17N3O5. The Morgan fingerprint density at radius 3 is 2.32 bits per heavy atom. The Morgan fingerprint density at radius 2 is 1.64 bits per heavy atom. The first-order valence-electron chi connectivity index (χ1n) is 8.39. The Morgan fingerprint density at radius 1 is 1.00 bits per heavy atom. The van der Waals surface area contributed by atoms with Crippen LogP contribution in [0.25, 0.3) is 6.08 Å². The lowest BCUT2D eigenvalue weighted by Gasteiger charge is -2.15. The third kappa shape index (κ3) is 4.61. The molecule has 0 spiro atoms. The molecule has 0 saturated carbocycles. The summed E-state index contributed by atoms with van der Waals surface area (Å²) >= 11 is 0. The average Bonchev–Trinajstić information content (AvgIpc) is 2.65. The van der Waals surface area contributed by atoms with Crippen LogP contribution >= 0.6 is 0 Å². The van der Waals surface area contributed by atoms with Crippen LogP contribution in [0.3, 0.4) is 0 Å². The van der Waals surface area contributed by atoms with Crippen LogP contribution in [0.5, 0.6) is 5.75 Å². The van der Waals surface area contributed by atoms with Crippen molar-refractivity contribution < 1.29 is 23.9 Å². The maximum Gasteiger partial charge on any atom is 0.328 e. The van der Waals surface area contributed by atoms with Gasteiger partial charge in [-0.1, -0.05) is 35.9 Å². The number of nitrogens with one attached hydrogen (secondary N) is 3. The molecule has 0 radical (unpaired) electrons. The SMILES string of the molecule is Cc1ccc(NC(=O)COc2ccccc2C=C2C(=O)NC(=O)NC2=O)cc1. The first-order valence-corrected chi connectivity index (χ1v) is 8.39. The second kappa shape index (κ2) is 8.17. The second-order valence-electron chi connectivity index (χ2n) is 6.04. The number of carbonyl (C=O) groups excluding carboxylic acids is 4. The van der Waals surface area contributed by atoms with E-state index in [0.717, 1.165) is 5.56 Å². The van der Waals surface area contributed by atoms with Gasteiger partial charge in [-0.15, -0.1) is 0 Å². The van der Waals surface area contributed by atoms with Crippen molar-refractivity contribution in [2.45, 2.75) is 6.92 Å². The highest BCUT2D eigenvalue weighted by Gasteiger charge is 2.28. The molecule has 0 bridgehead atoms. The molecule has 28 heavy (non-hydrogen) atoms. The molecule has 0 aliphatic carbocycles. The van der Waals surface area contributed by atoms with Gasteiger partial charge in [0, 0.05) is 11.3 Å². The van der Waals surface area contributed by atoms with Crippen molar-refractivity contribution in [3.8, 4) is 5.75 Å². The van der Waals surface area contributed by atoms with Crippen LogP contribution in [0.15, 0.2) is 54.1 Å². The molecule has 2 aromatic carbocycles. The minimum atomic E-state index is -0.871. The molecule has 0 aromatic heterocycles. The molecule has 2 aromatic rings. The van der Waals surface area contributed by atoms with Gasteiger partial charge in [0.25, 0.3) is 17.7 Å². The highest BCUT2D eigenvalue weighted by Crippen LogP contribution is 2.22. The van der Waals surface area contributed by atoms with E-state index in [0.29, 0.717) is 17.0 Å². The van der Waals surface area contributed by atoms with Crippen molar-refractivity contribution in [3.63, 3.8) is 0 Å². The van der Waals surface area contributed by atoms with Crippen molar-refractivity contribution in [3.05, 3.63) is 65.2 Å². The van der Waals surface area contributed by atoms with Gasteiger partial charge in [-0.05, 0) is 31.2 Å². The molecule has 142 valence electrons. The zero-order chi connectivity index (χ0) is 20.1. The molecular weight excluding hydrogens is 362 g/mol. The molecule has 1 saturated heterocycles. The van der Waals surface area contributed by atoms with E-state index in [1.54, 1.807) is 36.4 Å². The molecule has 8 heteroatoms. The van der Waals surface area contributed by atoms with Gasteiger partial charge in [0.2, 0.25) is 0 Å². The fraction of sp³-hybridized carbons (Fsp3) is 0.100. The van der Waals surface area contributed by atoms with Gasteiger partial charge in [-0.3, -0.25) is 25.0 Å². The fourth-order valence-corrected chi connectivity index (χ4v) is 2.47. The smallest absolute Gasteiger partial charge is 0.328 e. The molecule has 3 N–H and O–H groups in total. The Labute approximate surface area is 160 Å². The molecule has 3 rings (SSSR count). The number of anilines is 1. The minimum absolute atomic E-state index is 0.236. The van der Waals surface area contributed by atoms with E-state index in [2.05, 4.69) is 5.32 Å². The maximum absolute atomic E-state index is 12.1. The fourth-order valence-electron chi connectivity index (χ4n) is 2.47. The summed E-state index contributed by atoms with van der Waals surface area (Å²) in [6.07, 6.45) is 1.30. The predicted molar refractivity (Wildman–Crippen MR) is 101 cm³/mol. The van der Waals surface area contributed by atoms with Crippen LogP contribution in [0.4, 0.5) is 10.5 Å². The van der Waals surface area contributed by atoms with Gasteiger partial charge >= 0.3 is 6.03 Å². The normalized spacial score (nSPS) is 13.5. The number of urea groups is 1. The zero-order valence-corrected chi connectivity index (χ0v) is 14.9. The van der Waals surface area contributed by atoms with E-state index in [-0.39, 0.29) is 18.1 Å². The number of amides is 5. The first-order chi connectivity index (χ1) is 13.4. The lowest BCUT2D eigenvalue weighted by atomic mass is 10.1. The lowest BCUT2D eigenvalue weighted by Crippen LogP contribution is -2.51.